The number of nitrogens with zero attached hydrogens (tertiary/aromatic N) is 1. The van der Waals surface area contributed by atoms with Gasteiger partial charge in [0.15, 0.2) is 0 Å². The van der Waals surface area contributed by atoms with Gasteiger partial charge >= 0.3 is 0 Å². The lowest BCUT2D eigenvalue weighted by molar-refractivity contribution is -0.119. The number of benzene rings is 2. The van der Waals surface area contributed by atoms with Gasteiger partial charge in [0.25, 0.3) is 0 Å². The zero-order valence-corrected chi connectivity index (χ0v) is 19.2. The van der Waals surface area contributed by atoms with Gasteiger partial charge in [-0.1, -0.05) is 40.9 Å². The van der Waals surface area contributed by atoms with E-state index in [1.165, 1.54) is 42.1 Å². The van der Waals surface area contributed by atoms with Crippen LogP contribution in [0.25, 0.3) is 0 Å². The van der Waals surface area contributed by atoms with Crippen molar-refractivity contribution in [2.75, 3.05) is 29.4 Å². The first-order chi connectivity index (χ1) is 13.6. The van der Waals surface area contributed by atoms with E-state index in [9.17, 15) is 17.6 Å². The molecule has 2 rings (SSSR count). The van der Waals surface area contributed by atoms with Gasteiger partial charge in [0.05, 0.1) is 17.0 Å². The topological polar surface area (TPSA) is 66.5 Å². The third-order valence-corrected chi connectivity index (χ3v) is 6.75. The molecule has 0 fully saturated rings. The summed E-state index contributed by atoms with van der Waals surface area (Å²) in [7, 11) is -3.75. The Kier molecular flexibility index (Phi) is 8.91. The summed E-state index contributed by atoms with van der Waals surface area (Å²) in [5, 5.41) is 3.46. The van der Waals surface area contributed by atoms with E-state index >= 15 is 0 Å². The normalized spacial score (nSPS) is 11.3. The van der Waals surface area contributed by atoms with E-state index in [0.717, 1.165) is 10.6 Å². The fraction of sp³-hybridized carbons (Fsp3) is 0.278. The maximum absolute atomic E-state index is 13.7. The number of sulfonamides is 1. The molecular weight excluding hydrogens is 482 g/mol. The van der Waals surface area contributed by atoms with Crippen LogP contribution in [-0.2, 0) is 20.6 Å². The van der Waals surface area contributed by atoms with Crippen LogP contribution in [-0.4, -0.2) is 39.4 Å². The standard InChI is InChI=1S/C18H18Cl3FN2O3S2/c1-29(26,27)24(17-6-5-12(19)9-15(17)21)10-18(25)23-7-8-28-11-13-14(20)3-2-4-16(13)22/h2-6,9H,7-8,10-11H2,1H3,(H,23,25). The number of rotatable bonds is 9. The molecule has 0 atom stereocenters. The van der Waals surface area contributed by atoms with Crippen molar-refractivity contribution < 1.29 is 17.6 Å². The molecule has 0 saturated carbocycles. The Morgan fingerprint density at radius 3 is 2.52 bits per heavy atom. The van der Waals surface area contributed by atoms with Gasteiger partial charge in [-0.3, -0.25) is 9.10 Å². The molecule has 0 aliphatic carbocycles. The Morgan fingerprint density at radius 2 is 1.90 bits per heavy atom. The zero-order chi connectivity index (χ0) is 21.6. The third kappa shape index (κ3) is 7.22. The van der Waals surface area contributed by atoms with Crippen LogP contribution in [0.2, 0.25) is 15.1 Å². The van der Waals surface area contributed by atoms with E-state index in [1.807, 2.05) is 0 Å². The van der Waals surface area contributed by atoms with E-state index in [-0.39, 0.29) is 23.1 Å². The first-order valence-electron chi connectivity index (χ1n) is 8.29. The number of anilines is 1. The number of carbonyl (C=O) groups is 1. The first-order valence-corrected chi connectivity index (χ1v) is 12.4. The second-order valence-electron chi connectivity index (χ2n) is 5.97. The van der Waals surface area contributed by atoms with Crippen molar-refractivity contribution in [1.82, 2.24) is 5.32 Å². The number of hydrogen-bond acceptors (Lipinski definition) is 4. The summed E-state index contributed by atoms with van der Waals surface area (Å²) in [6.07, 6.45) is 0.985. The number of thioether (sulfide) groups is 1. The summed E-state index contributed by atoms with van der Waals surface area (Å²) in [4.78, 5) is 12.2. The average molecular weight is 500 g/mol. The van der Waals surface area contributed by atoms with E-state index in [1.54, 1.807) is 6.07 Å². The molecular formula is C18H18Cl3FN2O3S2. The minimum atomic E-state index is -3.75. The van der Waals surface area contributed by atoms with Crippen LogP contribution in [0.3, 0.4) is 0 Å². The highest BCUT2D eigenvalue weighted by Crippen LogP contribution is 2.30. The molecule has 158 valence electrons. The van der Waals surface area contributed by atoms with Crippen LogP contribution < -0.4 is 9.62 Å². The fourth-order valence-corrected chi connectivity index (χ4v) is 4.98. The fourth-order valence-electron chi connectivity index (χ4n) is 2.36. The Bertz CT molecular complexity index is 970. The SMILES string of the molecule is CS(=O)(=O)N(CC(=O)NCCSCc1c(F)cccc1Cl)c1ccc(Cl)cc1Cl. The molecule has 5 nitrogen and oxygen atoms in total. The molecule has 0 aliphatic heterocycles. The summed E-state index contributed by atoms with van der Waals surface area (Å²) < 4.78 is 38.8. The monoisotopic (exact) mass is 498 g/mol. The van der Waals surface area contributed by atoms with Gasteiger partial charge in [0.1, 0.15) is 12.4 Å². The number of hydrogen-bond donors (Lipinski definition) is 1. The number of carbonyl (C=O) groups excluding carboxylic acids is 1. The second-order valence-corrected chi connectivity index (χ2v) is 10.2. The maximum Gasteiger partial charge on any atom is 0.240 e. The molecule has 0 bridgehead atoms. The van der Waals surface area contributed by atoms with Gasteiger partial charge in [-0.25, -0.2) is 12.8 Å². The first kappa shape index (κ1) is 24.1. The molecule has 2 aromatic carbocycles. The van der Waals surface area contributed by atoms with E-state index in [4.69, 9.17) is 34.8 Å². The van der Waals surface area contributed by atoms with Gasteiger partial charge in [-0.2, -0.15) is 11.8 Å². The molecule has 0 heterocycles. The highest BCUT2D eigenvalue weighted by Gasteiger charge is 2.23. The molecule has 11 heteroatoms. The van der Waals surface area contributed by atoms with Crippen molar-refractivity contribution in [2.24, 2.45) is 0 Å². The van der Waals surface area contributed by atoms with Gasteiger partial charge in [0.2, 0.25) is 15.9 Å². The van der Waals surface area contributed by atoms with Crippen molar-refractivity contribution in [2.45, 2.75) is 5.75 Å². The van der Waals surface area contributed by atoms with Crippen molar-refractivity contribution >= 4 is 68.2 Å². The highest BCUT2D eigenvalue weighted by molar-refractivity contribution is 7.98. The van der Waals surface area contributed by atoms with Crippen LogP contribution in [0, 0.1) is 5.82 Å². The minimum absolute atomic E-state index is 0.119. The van der Waals surface area contributed by atoms with Crippen LogP contribution >= 0.6 is 46.6 Å². The molecule has 0 aromatic heterocycles. The lowest BCUT2D eigenvalue weighted by atomic mass is 10.2. The predicted molar refractivity (Wildman–Crippen MR) is 119 cm³/mol. The van der Waals surface area contributed by atoms with Crippen LogP contribution in [0.1, 0.15) is 5.56 Å². The number of amides is 1. The zero-order valence-electron chi connectivity index (χ0n) is 15.3. The van der Waals surface area contributed by atoms with Gasteiger partial charge in [-0.05, 0) is 30.3 Å². The minimum Gasteiger partial charge on any atom is -0.354 e. The van der Waals surface area contributed by atoms with Gasteiger partial charge < -0.3 is 5.32 Å². The Hall–Kier alpha value is -1.19. The molecule has 1 amide bonds. The summed E-state index contributed by atoms with van der Waals surface area (Å²) in [5.74, 6) is -0.0163. The third-order valence-electron chi connectivity index (χ3n) is 3.74. The Balaban J connectivity index is 1.89. The lowest BCUT2D eigenvalue weighted by Crippen LogP contribution is -2.41. The Labute approximate surface area is 188 Å². The van der Waals surface area contributed by atoms with Gasteiger partial charge in [-0.15, -0.1) is 0 Å². The molecule has 0 saturated heterocycles. The summed E-state index contributed by atoms with van der Waals surface area (Å²) in [6.45, 7) is -0.147. The second kappa shape index (κ2) is 10.7. The molecule has 0 unspecified atom stereocenters. The van der Waals surface area contributed by atoms with Crippen molar-refractivity contribution in [3.05, 3.63) is 62.8 Å². The molecule has 0 spiro atoms. The van der Waals surface area contributed by atoms with E-state index in [0.29, 0.717) is 27.1 Å². The molecule has 0 radical (unpaired) electrons. The summed E-state index contributed by atoms with van der Waals surface area (Å²) >= 11 is 19.3. The average Bonchev–Trinajstić information content (AvgIpc) is 2.61. The largest absolute Gasteiger partial charge is 0.354 e. The lowest BCUT2D eigenvalue weighted by Gasteiger charge is -2.23. The summed E-state index contributed by atoms with van der Waals surface area (Å²) in [6, 6.07) is 8.82. The summed E-state index contributed by atoms with van der Waals surface area (Å²) in [5.41, 5.74) is 0.573. The maximum atomic E-state index is 13.7. The molecule has 29 heavy (non-hydrogen) atoms. The van der Waals surface area contributed by atoms with Gasteiger partial charge in [0, 0.05) is 33.7 Å². The predicted octanol–water partition coefficient (Wildman–Crippen LogP) is 4.60. The van der Waals surface area contributed by atoms with Crippen molar-refractivity contribution in [3.63, 3.8) is 0 Å². The highest BCUT2D eigenvalue weighted by atomic mass is 35.5. The van der Waals surface area contributed by atoms with Crippen molar-refractivity contribution in [3.8, 4) is 0 Å². The Morgan fingerprint density at radius 1 is 1.17 bits per heavy atom. The van der Waals surface area contributed by atoms with E-state index in [2.05, 4.69) is 5.32 Å². The van der Waals surface area contributed by atoms with Crippen LogP contribution in [0.4, 0.5) is 10.1 Å². The van der Waals surface area contributed by atoms with Crippen LogP contribution in [0.15, 0.2) is 36.4 Å². The quantitative estimate of drug-likeness (QED) is 0.512. The molecule has 1 N–H and O–H groups in total. The van der Waals surface area contributed by atoms with E-state index < -0.39 is 22.5 Å². The molecule has 0 aliphatic rings. The van der Waals surface area contributed by atoms with Crippen molar-refractivity contribution in [1.29, 1.82) is 0 Å². The number of nitrogens with one attached hydrogen (secondary N) is 1. The number of halogens is 4. The van der Waals surface area contributed by atoms with Crippen LogP contribution in [0.5, 0.6) is 0 Å². The molecule has 2 aromatic rings. The smallest absolute Gasteiger partial charge is 0.240 e.